The zero-order valence-corrected chi connectivity index (χ0v) is 11.7. The molecule has 0 bridgehead atoms. The Bertz CT molecular complexity index is 599. The van der Waals surface area contributed by atoms with Crippen molar-refractivity contribution in [1.29, 1.82) is 0 Å². The molecule has 2 rings (SSSR count). The van der Waals surface area contributed by atoms with E-state index < -0.39 is 18.0 Å². The van der Waals surface area contributed by atoms with Crippen molar-refractivity contribution in [2.45, 2.75) is 19.9 Å². The van der Waals surface area contributed by atoms with E-state index in [0.29, 0.717) is 17.1 Å². The molecule has 0 spiro atoms. The van der Waals surface area contributed by atoms with Gasteiger partial charge in [-0.2, -0.15) is 0 Å². The molecule has 0 aliphatic carbocycles. The van der Waals surface area contributed by atoms with Gasteiger partial charge in [0.1, 0.15) is 11.9 Å². The van der Waals surface area contributed by atoms with E-state index in [-0.39, 0.29) is 5.91 Å². The van der Waals surface area contributed by atoms with Crippen LogP contribution in [0, 0.1) is 6.92 Å². The Kier molecular flexibility index (Phi) is 3.44. The highest BCUT2D eigenvalue weighted by molar-refractivity contribution is 6.13. The van der Waals surface area contributed by atoms with Gasteiger partial charge in [-0.15, -0.1) is 0 Å². The molecule has 0 aromatic carbocycles. The molecule has 1 fully saturated rings. The summed E-state index contributed by atoms with van der Waals surface area (Å²) in [4.78, 5) is 41.8. The number of pyridine rings is 1. The lowest BCUT2D eigenvalue weighted by atomic mass is 10.2. The Labute approximate surface area is 116 Å². The van der Waals surface area contributed by atoms with Gasteiger partial charge in [-0.25, -0.2) is 14.6 Å². The maximum Gasteiger partial charge on any atom is 0.339 e. The summed E-state index contributed by atoms with van der Waals surface area (Å²) in [5.74, 6) is -0.438. The number of imide groups is 1. The van der Waals surface area contributed by atoms with Crippen molar-refractivity contribution in [3.63, 3.8) is 0 Å². The molecule has 1 aliphatic heterocycles. The Hall–Kier alpha value is -2.44. The Morgan fingerprint density at radius 2 is 2.00 bits per heavy atom. The first-order valence-corrected chi connectivity index (χ1v) is 6.05. The molecule has 1 unspecified atom stereocenters. The zero-order valence-electron chi connectivity index (χ0n) is 11.7. The lowest BCUT2D eigenvalue weighted by Crippen LogP contribution is -2.33. The van der Waals surface area contributed by atoms with Gasteiger partial charge in [0.25, 0.3) is 5.91 Å². The van der Waals surface area contributed by atoms with Crippen LogP contribution >= 0.6 is 0 Å². The standard InChI is InChI=1S/C13H15N3O4/c1-7-9(12(18)20-4)5-6-10(14-7)16-8(2)11(17)15(3)13(16)19/h5-6,8H,1-4H3. The number of ether oxygens (including phenoxy) is 1. The molecule has 0 radical (unpaired) electrons. The zero-order chi connectivity index (χ0) is 15.0. The van der Waals surface area contributed by atoms with Crippen LogP contribution in [0.4, 0.5) is 10.6 Å². The number of aryl methyl sites for hydroxylation is 1. The molecular weight excluding hydrogens is 262 g/mol. The third kappa shape index (κ3) is 2.01. The molecule has 0 saturated carbocycles. The first-order valence-electron chi connectivity index (χ1n) is 6.05. The number of carbonyl (C=O) groups is 3. The average Bonchev–Trinajstić information content (AvgIpc) is 2.62. The number of hydrogen-bond acceptors (Lipinski definition) is 5. The quantitative estimate of drug-likeness (QED) is 0.594. The van der Waals surface area contributed by atoms with Crippen LogP contribution in [0.25, 0.3) is 0 Å². The Morgan fingerprint density at radius 3 is 2.45 bits per heavy atom. The van der Waals surface area contributed by atoms with Gasteiger partial charge in [0.15, 0.2) is 0 Å². The second kappa shape index (κ2) is 4.92. The summed E-state index contributed by atoms with van der Waals surface area (Å²) < 4.78 is 4.64. The van der Waals surface area contributed by atoms with Crippen molar-refractivity contribution < 1.29 is 19.1 Å². The normalized spacial score (nSPS) is 18.7. The fourth-order valence-corrected chi connectivity index (χ4v) is 2.12. The second-order valence-electron chi connectivity index (χ2n) is 4.52. The van der Waals surface area contributed by atoms with Crippen LogP contribution in [0.1, 0.15) is 23.0 Å². The summed E-state index contributed by atoms with van der Waals surface area (Å²) in [7, 11) is 2.71. The number of nitrogens with zero attached hydrogens (tertiary/aromatic N) is 3. The van der Waals surface area contributed by atoms with E-state index in [1.165, 1.54) is 31.2 Å². The largest absolute Gasteiger partial charge is 0.465 e. The molecule has 1 saturated heterocycles. The summed E-state index contributed by atoms with van der Waals surface area (Å²) in [6, 6.07) is 2.02. The van der Waals surface area contributed by atoms with E-state index in [1.54, 1.807) is 13.8 Å². The van der Waals surface area contributed by atoms with Crippen molar-refractivity contribution in [1.82, 2.24) is 9.88 Å². The Morgan fingerprint density at radius 1 is 1.35 bits per heavy atom. The maximum absolute atomic E-state index is 12.0. The predicted octanol–water partition coefficient (Wildman–Crippen LogP) is 0.964. The molecular formula is C13H15N3O4. The van der Waals surface area contributed by atoms with Crippen molar-refractivity contribution in [2.24, 2.45) is 0 Å². The van der Waals surface area contributed by atoms with Crippen molar-refractivity contribution in [2.75, 3.05) is 19.1 Å². The van der Waals surface area contributed by atoms with E-state index in [1.807, 2.05) is 0 Å². The summed E-state index contributed by atoms with van der Waals surface area (Å²) in [5, 5.41) is 0. The molecule has 1 atom stereocenters. The number of esters is 1. The molecule has 7 nitrogen and oxygen atoms in total. The van der Waals surface area contributed by atoms with Crippen LogP contribution in [0.5, 0.6) is 0 Å². The average molecular weight is 277 g/mol. The van der Waals surface area contributed by atoms with Crippen molar-refractivity contribution in [3.8, 4) is 0 Å². The smallest absolute Gasteiger partial charge is 0.339 e. The number of urea groups is 1. The summed E-state index contributed by atoms with van der Waals surface area (Å²) in [5.41, 5.74) is 0.770. The van der Waals surface area contributed by atoms with Gasteiger partial charge in [-0.1, -0.05) is 0 Å². The third-order valence-electron chi connectivity index (χ3n) is 3.29. The topological polar surface area (TPSA) is 79.8 Å². The summed E-state index contributed by atoms with van der Waals surface area (Å²) in [6.07, 6.45) is 0. The SMILES string of the molecule is COC(=O)c1ccc(N2C(=O)N(C)C(=O)C2C)nc1C. The van der Waals surface area contributed by atoms with E-state index in [9.17, 15) is 14.4 Å². The molecule has 1 aromatic rings. The molecule has 1 aliphatic rings. The highest BCUT2D eigenvalue weighted by atomic mass is 16.5. The van der Waals surface area contributed by atoms with E-state index >= 15 is 0 Å². The van der Waals surface area contributed by atoms with E-state index in [0.717, 1.165) is 4.90 Å². The molecule has 3 amide bonds. The molecule has 7 heteroatoms. The van der Waals surface area contributed by atoms with Gasteiger partial charge in [-0.05, 0) is 26.0 Å². The van der Waals surface area contributed by atoms with E-state index in [2.05, 4.69) is 9.72 Å². The first-order chi connectivity index (χ1) is 9.38. The monoisotopic (exact) mass is 277 g/mol. The molecule has 0 N–H and O–H groups in total. The minimum Gasteiger partial charge on any atom is -0.465 e. The fraction of sp³-hybridized carbons (Fsp3) is 0.385. The molecule has 106 valence electrons. The number of rotatable bonds is 2. The highest BCUT2D eigenvalue weighted by Crippen LogP contribution is 2.24. The number of hydrogen-bond donors (Lipinski definition) is 0. The van der Waals surface area contributed by atoms with Gasteiger partial charge in [-0.3, -0.25) is 14.6 Å². The number of aromatic nitrogens is 1. The lowest BCUT2D eigenvalue weighted by Gasteiger charge is -2.18. The highest BCUT2D eigenvalue weighted by Gasteiger charge is 2.41. The van der Waals surface area contributed by atoms with Crippen molar-refractivity contribution >= 4 is 23.7 Å². The lowest BCUT2D eigenvalue weighted by molar-refractivity contribution is -0.125. The fourth-order valence-electron chi connectivity index (χ4n) is 2.12. The third-order valence-corrected chi connectivity index (χ3v) is 3.29. The minimum atomic E-state index is -0.608. The van der Waals surface area contributed by atoms with Crippen LogP contribution in [0.3, 0.4) is 0 Å². The van der Waals surface area contributed by atoms with Gasteiger partial charge in [0.2, 0.25) is 0 Å². The molecule has 1 aromatic heterocycles. The predicted molar refractivity (Wildman–Crippen MR) is 70.4 cm³/mol. The van der Waals surface area contributed by atoms with Gasteiger partial charge >= 0.3 is 12.0 Å². The number of methoxy groups -OCH3 is 1. The van der Waals surface area contributed by atoms with Crippen LogP contribution in [-0.2, 0) is 9.53 Å². The van der Waals surface area contributed by atoms with Crippen LogP contribution in [0.2, 0.25) is 0 Å². The van der Waals surface area contributed by atoms with Gasteiger partial charge in [0, 0.05) is 7.05 Å². The van der Waals surface area contributed by atoms with Crippen molar-refractivity contribution in [3.05, 3.63) is 23.4 Å². The number of likely N-dealkylation sites (N-methyl/N-ethyl adjacent to an activating group) is 1. The number of amides is 3. The van der Waals surface area contributed by atoms with Gasteiger partial charge < -0.3 is 4.74 Å². The number of anilines is 1. The van der Waals surface area contributed by atoms with E-state index in [4.69, 9.17) is 0 Å². The number of carbonyl (C=O) groups excluding carboxylic acids is 3. The van der Waals surface area contributed by atoms with Crippen LogP contribution in [0.15, 0.2) is 12.1 Å². The maximum atomic E-state index is 12.0. The van der Waals surface area contributed by atoms with Gasteiger partial charge in [0.05, 0.1) is 18.4 Å². The summed E-state index contributed by atoms with van der Waals surface area (Å²) >= 11 is 0. The molecule has 2 heterocycles. The Balaban J connectivity index is 2.40. The molecule has 20 heavy (non-hydrogen) atoms. The first kappa shape index (κ1) is 14.0. The second-order valence-corrected chi connectivity index (χ2v) is 4.52. The summed E-state index contributed by atoms with van der Waals surface area (Å²) in [6.45, 7) is 3.28. The minimum absolute atomic E-state index is 0.286. The van der Waals surface area contributed by atoms with Crippen LogP contribution < -0.4 is 4.90 Å². The van der Waals surface area contributed by atoms with Crippen LogP contribution in [-0.4, -0.2) is 48.0 Å².